The van der Waals surface area contributed by atoms with Gasteiger partial charge in [-0.25, -0.2) is 0 Å². The molecule has 4 nitrogen and oxygen atoms in total. The monoisotopic (exact) mass is 306 g/mol. The number of fused-ring (bicyclic) bond motifs is 2. The van der Waals surface area contributed by atoms with Crippen molar-refractivity contribution in [2.45, 2.75) is 0 Å². The molecule has 1 aromatic carbocycles. The highest BCUT2D eigenvalue weighted by molar-refractivity contribution is 6.38. The molecule has 0 aliphatic rings. The van der Waals surface area contributed by atoms with Gasteiger partial charge in [0.1, 0.15) is 0 Å². The fourth-order valence-corrected chi connectivity index (χ4v) is 2.66. The molecule has 0 aliphatic carbocycles. The molecule has 3 aromatic rings. The highest BCUT2D eigenvalue weighted by Crippen LogP contribution is 2.28. The Balaban J connectivity index is 2.13. The third-order valence-electron chi connectivity index (χ3n) is 3.12. The largest absolute Gasteiger partial charge is 0.366 e. The van der Waals surface area contributed by atoms with Crippen LogP contribution in [0.3, 0.4) is 0 Å². The molecule has 0 atom stereocenters. The quantitative estimate of drug-likeness (QED) is 0.790. The van der Waals surface area contributed by atoms with Crippen molar-refractivity contribution in [3.63, 3.8) is 0 Å². The lowest BCUT2D eigenvalue weighted by molar-refractivity contribution is 0.0966. The van der Waals surface area contributed by atoms with Gasteiger partial charge in [0.05, 0.1) is 21.2 Å². The maximum Gasteiger partial charge on any atom is 0.264 e. The predicted octanol–water partition coefficient (Wildman–Crippen LogP) is 3.17. The third-order valence-corrected chi connectivity index (χ3v) is 3.75. The second-order valence-corrected chi connectivity index (χ2v) is 5.15. The van der Waals surface area contributed by atoms with Crippen molar-refractivity contribution in [3.8, 4) is 0 Å². The molecule has 2 bridgehead atoms. The van der Waals surface area contributed by atoms with Gasteiger partial charge < -0.3 is 5.73 Å². The molecule has 0 saturated heterocycles. The van der Waals surface area contributed by atoms with Crippen LogP contribution in [0.4, 0.5) is 0 Å². The second-order valence-electron chi connectivity index (χ2n) is 4.33. The van der Waals surface area contributed by atoms with Crippen LogP contribution in [0.15, 0.2) is 36.4 Å². The van der Waals surface area contributed by atoms with Gasteiger partial charge in [-0.3, -0.25) is 14.2 Å². The summed E-state index contributed by atoms with van der Waals surface area (Å²) >= 11 is 12.0. The van der Waals surface area contributed by atoms with E-state index in [1.54, 1.807) is 0 Å². The molecule has 20 heavy (non-hydrogen) atoms. The highest BCUT2D eigenvalue weighted by Gasteiger charge is 2.20. The average Bonchev–Trinajstić information content (AvgIpc) is 2.99. The van der Waals surface area contributed by atoms with Gasteiger partial charge in [-0.05, 0) is 36.4 Å². The summed E-state index contributed by atoms with van der Waals surface area (Å²) in [6, 6.07) is 10.0. The van der Waals surface area contributed by atoms with Crippen molar-refractivity contribution < 1.29 is 9.59 Å². The van der Waals surface area contributed by atoms with Crippen LogP contribution in [0.1, 0.15) is 20.7 Å². The van der Waals surface area contributed by atoms with Crippen molar-refractivity contribution in [1.82, 2.24) is 4.57 Å². The van der Waals surface area contributed by atoms with Gasteiger partial charge >= 0.3 is 0 Å². The number of primary amides is 1. The minimum atomic E-state index is -0.691. The predicted molar refractivity (Wildman–Crippen MR) is 77.8 cm³/mol. The van der Waals surface area contributed by atoms with Crippen LogP contribution >= 0.6 is 23.2 Å². The fraction of sp³-hybridized carbons (Fsp3) is 0. The Hall–Kier alpha value is -2.04. The standard InChI is InChI=1S/C14H8Cl2N2O2/c15-11-6-10(12(16)5-9(11)13(17)19)14(20)18-7-1-2-8(18)4-3-7/h1-6H,(H2,17,19). The van der Waals surface area contributed by atoms with Crippen molar-refractivity contribution in [1.29, 1.82) is 0 Å². The van der Waals surface area contributed by atoms with E-state index in [0.717, 1.165) is 11.0 Å². The van der Waals surface area contributed by atoms with Gasteiger partial charge in [0.25, 0.3) is 5.91 Å². The molecule has 0 unspecified atom stereocenters. The molecule has 2 heterocycles. The summed E-state index contributed by atoms with van der Waals surface area (Å²) in [7, 11) is 0. The molecule has 100 valence electrons. The van der Waals surface area contributed by atoms with Crippen LogP contribution in [-0.2, 0) is 0 Å². The van der Waals surface area contributed by atoms with E-state index in [4.69, 9.17) is 28.9 Å². The first-order valence-corrected chi connectivity index (χ1v) is 6.48. The van der Waals surface area contributed by atoms with Crippen molar-refractivity contribution >= 4 is 46.0 Å². The zero-order chi connectivity index (χ0) is 14.4. The summed E-state index contributed by atoms with van der Waals surface area (Å²) in [4.78, 5) is 23.7. The lowest BCUT2D eigenvalue weighted by atomic mass is 10.1. The Morgan fingerprint density at radius 3 is 1.85 bits per heavy atom. The first kappa shape index (κ1) is 13.0. The molecule has 3 rings (SSSR count). The Morgan fingerprint density at radius 1 is 0.900 bits per heavy atom. The number of carbonyl (C=O) groups is 2. The molecular weight excluding hydrogens is 299 g/mol. The van der Waals surface area contributed by atoms with Crippen LogP contribution in [0.2, 0.25) is 10.0 Å². The molecule has 6 heteroatoms. The third kappa shape index (κ3) is 1.85. The smallest absolute Gasteiger partial charge is 0.264 e. The van der Waals surface area contributed by atoms with E-state index in [1.807, 2.05) is 24.3 Å². The molecule has 0 fully saturated rings. The highest BCUT2D eigenvalue weighted by atomic mass is 35.5. The van der Waals surface area contributed by atoms with Crippen molar-refractivity contribution in [3.05, 3.63) is 57.6 Å². The van der Waals surface area contributed by atoms with Crippen molar-refractivity contribution in [2.24, 2.45) is 5.73 Å². The summed E-state index contributed by atoms with van der Waals surface area (Å²) in [6.07, 6.45) is 0. The number of carbonyl (C=O) groups excluding carboxylic acids is 2. The van der Waals surface area contributed by atoms with Crippen LogP contribution < -0.4 is 5.73 Å². The number of rotatable bonds is 2. The first-order valence-electron chi connectivity index (χ1n) is 5.72. The Kier molecular flexibility index (Phi) is 2.92. The number of halogens is 2. The summed E-state index contributed by atoms with van der Waals surface area (Å²) in [5.41, 5.74) is 7.05. The number of amides is 1. The number of hydrogen-bond acceptors (Lipinski definition) is 2. The van der Waals surface area contributed by atoms with E-state index in [1.165, 1.54) is 16.7 Å². The van der Waals surface area contributed by atoms with Crippen LogP contribution in [-0.4, -0.2) is 16.4 Å². The number of aromatic nitrogens is 1. The number of hydrogen-bond donors (Lipinski definition) is 1. The number of benzene rings is 2. The lowest BCUT2D eigenvalue weighted by Crippen LogP contribution is -2.15. The molecule has 1 amide bonds. The van der Waals surface area contributed by atoms with Gasteiger partial charge in [0.2, 0.25) is 5.91 Å². The van der Waals surface area contributed by atoms with Crippen molar-refractivity contribution in [2.75, 3.05) is 0 Å². The Labute approximate surface area is 124 Å². The van der Waals surface area contributed by atoms with E-state index in [2.05, 4.69) is 0 Å². The lowest BCUT2D eigenvalue weighted by Gasteiger charge is -2.08. The molecule has 0 spiro atoms. The molecule has 0 saturated carbocycles. The van der Waals surface area contributed by atoms with E-state index in [-0.39, 0.29) is 27.1 Å². The second kappa shape index (κ2) is 4.51. The average molecular weight is 307 g/mol. The van der Waals surface area contributed by atoms with Gasteiger partial charge in [0, 0.05) is 11.0 Å². The Bertz CT molecular complexity index is 791. The van der Waals surface area contributed by atoms with E-state index in [0.29, 0.717) is 0 Å². The van der Waals surface area contributed by atoms with E-state index >= 15 is 0 Å². The summed E-state index contributed by atoms with van der Waals surface area (Å²) < 4.78 is 1.53. The first-order chi connectivity index (χ1) is 9.49. The molecule has 2 N–H and O–H groups in total. The molecule has 0 aliphatic heterocycles. The zero-order valence-electron chi connectivity index (χ0n) is 10.1. The topological polar surface area (TPSA) is 65.1 Å². The van der Waals surface area contributed by atoms with Gasteiger partial charge in [-0.1, -0.05) is 23.2 Å². The Morgan fingerprint density at radius 2 is 1.35 bits per heavy atom. The number of nitrogens with zero attached hydrogens (tertiary/aromatic N) is 1. The maximum atomic E-state index is 12.5. The minimum Gasteiger partial charge on any atom is -0.366 e. The number of nitrogens with two attached hydrogens (primary N) is 1. The zero-order valence-corrected chi connectivity index (χ0v) is 11.6. The SMILES string of the molecule is NC(=O)c1cc(Cl)c(C(=O)n2c3ccc2cc3)cc1Cl. The molecule has 2 aromatic heterocycles. The maximum absolute atomic E-state index is 12.5. The molecule has 0 radical (unpaired) electrons. The van der Waals surface area contributed by atoms with Gasteiger partial charge in [0.15, 0.2) is 0 Å². The van der Waals surface area contributed by atoms with Crippen LogP contribution in [0.5, 0.6) is 0 Å². The van der Waals surface area contributed by atoms with Gasteiger partial charge in [-0.15, -0.1) is 0 Å². The van der Waals surface area contributed by atoms with Crippen LogP contribution in [0.25, 0.3) is 11.0 Å². The van der Waals surface area contributed by atoms with Crippen LogP contribution in [0, 0.1) is 0 Å². The molecular formula is C14H8Cl2N2O2. The normalized spacial score (nSPS) is 11.1. The minimum absolute atomic E-state index is 0.0918. The van der Waals surface area contributed by atoms with E-state index in [9.17, 15) is 9.59 Å². The van der Waals surface area contributed by atoms with E-state index < -0.39 is 5.91 Å². The summed E-state index contributed by atoms with van der Waals surface area (Å²) in [5.74, 6) is -0.989. The summed E-state index contributed by atoms with van der Waals surface area (Å²) in [6.45, 7) is 0. The fourth-order valence-electron chi connectivity index (χ4n) is 2.15. The summed E-state index contributed by atoms with van der Waals surface area (Å²) in [5, 5.41) is 0.244. The van der Waals surface area contributed by atoms with Gasteiger partial charge in [-0.2, -0.15) is 0 Å².